The number of rotatable bonds is 3. The number of para-hydroxylation sites is 1. The van der Waals surface area contributed by atoms with Gasteiger partial charge in [-0.05, 0) is 48.5 Å². The summed E-state index contributed by atoms with van der Waals surface area (Å²) in [6, 6.07) is 16.1. The van der Waals surface area contributed by atoms with E-state index < -0.39 is 17.7 Å². The minimum Gasteiger partial charge on any atom is -0.422 e. The third kappa shape index (κ3) is 3.70. The number of ether oxygens (including phenoxy) is 1. The molecule has 0 saturated carbocycles. The van der Waals surface area contributed by atoms with Crippen LogP contribution < -0.4 is 10.1 Å². The van der Waals surface area contributed by atoms with Crippen LogP contribution in [0.15, 0.2) is 83.7 Å². The summed E-state index contributed by atoms with van der Waals surface area (Å²) in [7, 11) is 0. The van der Waals surface area contributed by atoms with Gasteiger partial charge in [-0.25, -0.2) is 4.79 Å². The van der Waals surface area contributed by atoms with E-state index in [2.05, 4.69) is 5.32 Å². The van der Waals surface area contributed by atoms with E-state index >= 15 is 0 Å². The van der Waals surface area contributed by atoms with Gasteiger partial charge >= 0.3 is 5.97 Å². The van der Waals surface area contributed by atoms with Crippen LogP contribution in [0.4, 0.5) is 0 Å². The van der Waals surface area contributed by atoms with Gasteiger partial charge in [0.1, 0.15) is 17.0 Å². The number of carbonyl (C=O) groups is 3. The number of Topliss-reactive ketones (excluding diaryl/α,β-unsaturated/α-hetero) is 1. The van der Waals surface area contributed by atoms with E-state index in [4.69, 9.17) is 17.0 Å². The number of thiocarbonyl (C=S) groups is 1. The maximum atomic E-state index is 12.8. The molecular weight excluding hydrogens is 400 g/mol. The normalized spacial score (nSPS) is 19.2. The van der Waals surface area contributed by atoms with Crippen molar-refractivity contribution in [3.8, 4) is 5.75 Å². The van der Waals surface area contributed by atoms with Crippen LogP contribution in [-0.2, 0) is 9.59 Å². The SMILES string of the molecule is CC(/C=C1\NC(=S)N(/C=C2/C(=O)Oc3ccccc3C2=O)C1=O)=C\c1ccccc1. The van der Waals surface area contributed by atoms with Gasteiger partial charge in [0, 0.05) is 6.20 Å². The molecule has 0 aliphatic carbocycles. The number of fused-ring (bicyclic) bond motifs is 1. The van der Waals surface area contributed by atoms with E-state index in [1.807, 2.05) is 43.3 Å². The van der Waals surface area contributed by atoms with Gasteiger partial charge in [-0.15, -0.1) is 0 Å². The van der Waals surface area contributed by atoms with Crippen LogP contribution in [0.25, 0.3) is 6.08 Å². The quantitative estimate of drug-likeness (QED) is 0.272. The molecular formula is C23H16N2O4S. The lowest BCUT2D eigenvalue weighted by Gasteiger charge is -2.18. The molecule has 1 saturated heterocycles. The molecule has 30 heavy (non-hydrogen) atoms. The zero-order valence-electron chi connectivity index (χ0n) is 15.9. The molecule has 7 heteroatoms. The Balaban J connectivity index is 1.61. The Morgan fingerprint density at radius 1 is 1.03 bits per heavy atom. The van der Waals surface area contributed by atoms with Crippen molar-refractivity contribution in [3.63, 3.8) is 0 Å². The number of amides is 1. The molecule has 2 aliphatic rings. The highest BCUT2D eigenvalue weighted by Gasteiger charge is 2.35. The van der Waals surface area contributed by atoms with Gasteiger partial charge in [0.15, 0.2) is 5.11 Å². The molecule has 0 aromatic heterocycles. The monoisotopic (exact) mass is 416 g/mol. The highest BCUT2D eigenvalue weighted by atomic mass is 32.1. The van der Waals surface area contributed by atoms with E-state index in [9.17, 15) is 14.4 Å². The van der Waals surface area contributed by atoms with Crippen LogP contribution in [0.5, 0.6) is 5.75 Å². The van der Waals surface area contributed by atoms with E-state index in [1.54, 1.807) is 24.3 Å². The third-order valence-electron chi connectivity index (χ3n) is 4.53. The van der Waals surface area contributed by atoms with E-state index in [0.717, 1.165) is 22.2 Å². The van der Waals surface area contributed by atoms with Gasteiger partial charge in [-0.3, -0.25) is 14.5 Å². The van der Waals surface area contributed by atoms with Gasteiger partial charge in [-0.1, -0.05) is 48.5 Å². The molecule has 2 aromatic carbocycles. The standard InChI is InChI=1S/C23H16N2O4S/c1-14(11-15-7-3-2-4-8-15)12-18-21(27)25(23(30)24-18)13-17-20(26)16-9-5-6-10-19(16)29-22(17)28/h2-13H,1H3,(H,24,30)/b14-11+,17-13+,18-12-. The van der Waals surface area contributed by atoms with Crippen molar-refractivity contribution < 1.29 is 19.1 Å². The van der Waals surface area contributed by atoms with E-state index in [-0.39, 0.29) is 27.7 Å². The number of benzene rings is 2. The van der Waals surface area contributed by atoms with E-state index in [0.29, 0.717) is 0 Å². The number of hydrogen-bond acceptors (Lipinski definition) is 5. The summed E-state index contributed by atoms with van der Waals surface area (Å²) >= 11 is 5.23. The zero-order chi connectivity index (χ0) is 21.3. The molecule has 2 aromatic rings. The Labute approximate surface area is 178 Å². The minimum absolute atomic E-state index is 0.0747. The first-order valence-corrected chi connectivity index (χ1v) is 9.52. The molecule has 0 radical (unpaired) electrons. The number of allylic oxidation sites excluding steroid dienone is 2. The molecule has 148 valence electrons. The summed E-state index contributed by atoms with van der Waals surface area (Å²) < 4.78 is 5.20. The zero-order valence-corrected chi connectivity index (χ0v) is 16.7. The number of nitrogens with one attached hydrogen (secondary N) is 1. The fraction of sp³-hybridized carbons (Fsp3) is 0.0435. The molecule has 0 spiro atoms. The van der Waals surface area contributed by atoms with Crippen molar-refractivity contribution in [2.45, 2.75) is 6.92 Å². The summed E-state index contributed by atoms with van der Waals surface area (Å²) in [6.07, 6.45) is 4.72. The van der Waals surface area contributed by atoms with Crippen molar-refractivity contribution in [2.24, 2.45) is 0 Å². The Morgan fingerprint density at radius 2 is 1.73 bits per heavy atom. The van der Waals surface area contributed by atoms with Gasteiger partial charge in [0.25, 0.3) is 5.91 Å². The number of hydrogen-bond donors (Lipinski definition) is 1. The molecule has 2 heterocycles. The second-order valence-corrected chi connectivity index (χ2v) is 7.11. The fourth-order valence-corrected chi connectivity index (χ4v) is 3.37. The van der Waals surface area contributed by atoms with Crippen molar-refractivity contribution in [3.05, 3.63) is 94.8 Å². The summed E-state index contributed by atoms with van der Waals surface area (Å²) in [5, 5.41) is 2.90. The lowest BCUT2D eigenvalue weighted by Crippen LogP contribution is -2.31. The Morgan fingerprint density at radius 3 is 2.50 bits per heavy atom. The predicted molar refractivity (Wildman–Crippen MR) is 115 cm³/mol. The van der Waals surface area contributed by atoms with E-state index in [1.165, 1.54) is 6.07 Å². The summed E-state index contributed by atoms with van der Waals surface area (Å²) in [5.74, 6) is -1.62. The van der Waals surface area contributed by atoms with Crippen molar-refractivity contribution >= 4 is 41.1 Å². The molecule has 0 atom stereocenters. The van der Waals surface area contributed by atoms with Gasteiger partial charge in [0.2, 0.25) is 5.78 Å². The smallest absolute Gasteiger partial charge is 0.349 e. The second-order valence-electron chi connectivity index (χ2n) is 6.72. The van der Waals surface area contributed by atoms with Gasteiger partial charge in [-0.2, -0.15) is 0 Å². The first-order valence-electron chi connectivity index (χ1n) is 9.11. The first kappa shape index (κ1) is 19.5. The average molecular weight is 416 g/mol. The highest BCUT2D eigenvalue weighted by molar-refractivity contribution is 7.80. The molecule has 1 fully saturated rings. The van der Waals surface area contributed by atoms with Crippen LogP contribution in [0, 0.1) is 0 Å². The maximum Gasteiger partial charge on any atom is 0.349 e. The number of esters is 1. The highest BCUT2D eigenvalue weighted by Crippen LogP contribution is 2.28. The van der Waals surface area contributed by atoms with Crippen LogP contribution in [-0.4, -0.2) is 27.7 Å². The van der Waals surface area contributed by atoms with Crippen molar-refractivity contribution in [2.75, 3.05) is 0 Å². The Hall–Kier alpha value is -3.84. The average Bonchev–Trinajstić information content (AvgIpc) is 2.98. The number of carbonyl (C=O) groups excluding carboxylic acids is 3. The summed E-state index contributed by atoms with van der Waals surface area (Å²) in [5.41, 5.74) is 2.07. The summed E-state index contributed by atoms with van der Waals surface area (Å²) in [6.45, 7) is 1.86. The van der Waals surface area contributed by atoms with Crippen LogP contribution in [0.2, 0.25) is 0 Å². The lowest BCUT2D eigenvalue weighted by molar-refractivity contribution is -0.130. The molecule has 0 unspecified atom stereocenters. The molecule has 1 N–H and O–H groups in total. The molecule has 0 bridgehead atoms. The van der Waals surface area contributed by atoms with Gasteiger partial charge in [0.05, 0.1) is 5.56 Å². The number of nitrogens with zero attached hydrogens (tertiary/aromatic N) is 1. The van der Waals surface area contributed by atoms with Crippen molar-refractivity contribution in [1.29, 1.82) is 0 Å². The van der Waals surface area contributed by atoms with Crippen LogP contribution in [0.3, 0.4) is 0 Å². The van der Waals surface area contributed by atoms with Gasteiger partial charge < -0.3 is 10.1 Å². The third-order valence-corrected chi connectivity index (χ3v) is 4.83. The van der Waals surface area contributed by atoms with Crippen LogP contribution in [0.1, 0.15) is 22.8 Å². The molecule has 4 rings (SSSR count). The summed E-state index contributed by atoms with van der Waals surface area (Å²) in [4.78, 5) is 38.9. The maximum absolute atomic E-state index is 12.8. The number of ketones is 1. The largest absolute Gasteiger partial charge is 0.422 e. The minimum atomic E-state index is -0.827. The Bertz CT molecular complexity index is 1180. The predicted octanol–water partition coefficient (Wildman–Crippen LogP) is 3.38. The molecule has 2 aliphatic heterocycles. The molecule has 6 nitrogen and oxygen atoms in total. The molecule has 1 amide bonds. The lowest BCUT2D eigenvalue weighted by atomic mass is 10.0. The fourth-order valence-electron chi connectivity index (χ4n) is 3.12. The topological polar surface area (TPSA) is 75.7 Å². The second kappa shape index (κ2) is 7.88. The Kier molecular flexibility index (Phi) is 5.12. The van der Waals surface area contributed by atoms with Crippen LogP contribution >= 0.6 is 12.2 Å². The van der Waals surface area contributed by atoms with Crippen molar-refractivity contribution in [1.82, 2.24) is 10.2 Å². The first-order chi connectivity index (χ1) is 14.4.